The monoisotopic (exact) mass is 241 g/mol. The zero-order valence-electron chi connectivity index (χ0n) is 7.72. The quantitative estimate of drug-likeness (QED) is 0.826. The Balaban J connectivity index is 2.11. The van der Waals surface area contributed by atoms with Gasteiger partial charge in [0, 0.05) is 16.0 Å². The SMILES string of the molecule is O=S(Cc1cncs1)c1ccc(F)cc1. The number of aromatic nitrogens is 1. The van der Waals surface area contributed by atoms with Crippen LogP contribution in [0.4, 0.5) is 4.39 Å². The molecule has 1 atom stereocenters. The Bertz CT molecular complexity index is 453. The van der Waals surface area contributed by atoms with E-state index in [0.717, 1.165) is 4.88 Å². The molecule has 5 heteroatoms. The lowest BCUT2D eigenvalue weighted by molar-refractivity contribution is 0.626. The van der Waals surface area contributed by atoms with E-state index < -0.39 is 10.8 Å². The largest absolute Gasteiger partial charge is 0.254 e. The van der Waals surface area contributed by atoms with Gasteiger partial charge in [0.2, 0.25) is 0 Å². The average molecular weight is 241 g/mol. The Morgan fingerprint density at radius 2 is 2.07 bits per heavy atom. The smallest absolute Gasteiger partial charge is 0.123 e. The molecule has 78 valence electrons. The van der Waals surface area contributed by atoms with Gasteiger partial charge in [-0.05, 0) is 24.3 Å². The van der Waals surface area contributed by atoms with Crippen molar-refractivity contribution >= 4 is 22.1 Å². The van der Waals surface area contributed by atoms with Gasteiger partial charge in [-0.3, -0.25) is 9.19 Å². The molecule has 2 nitrogen and oxygen atoms in total. The Labute approximate surface area is 93.3 Å². The molecule has 0 saturated heterocycles. The minimum atomic E-state index is -1.12. The van der Waals surface area contributed by atoms with Gasteiger partial charge in [0.25, 0.3) is 0 Å². The van der Waals surface area contributed by atoms with E-state index in [0.29, 0.717) is 10.6 Å². The van der Waals surface area contributed by atoms with Crippen LogP contribution in [0.3, 0.4) is 0 Å². The molecule has 0 bridgehead atoms. The van der Waals surface area contributed by atoms with Crippen molar-refractivity contribution in [2.24, 2.45) is 0 Å². The lowest BCUT2D eigenvalue weighted by Crippen LogP contribution is -1.94. The van der Waals surface area contributed by atoms with Gasteiger partial charge in [0.05, 0.1) is 22.1 Å². The van der Waals surface area contributed by atoms with Gasteiger partial charge in [-0.25, -0.2) is 4.39 Å². The van der Waals surface area contributed by atoms with Crippen molar-refractivity contribution in [1.29, 1.82) is 0 Å². The third-order valence-corrected chi connectivity index (χ3v) is 4.17. The van der Waals surface area contributed by atoms with Gasteiger partial charge in [0.1, 0.15) is 5.82 Å². The zero-order valence-corrected chi connectivity index (χ0v) is 9.35. The fourth-order valence-corrected chi connectivity index (χ4v) is 3.02. The van der Waals surface area contributed by atoms with E-state index >= 15 is 0 Å². The van der Waals surface area contributed by atoms with Crippen LogP contribution in [-0.2, 0) is 16.6 Å². The summed E-state index contributed by atoms with van der Waals surface area (Å²) in [4.78, 5) is 5.52. The van der Waals surface area contributed by atoms with Crippen molar-refractivity contribution < 1.29 is 8.60 Å². The van der Waals surface area contributed by atoms with E-state index in [1.54, 1.807) is 23.8 Å². The second-order valence-corrected chi connectivity index (χ2v) is 5.33. The summed E-state index contributed by atoms with van der Waals surface area (Å²) in [5, 5.41) is 0. The summed E-state index contributed by atoms with van der Waals surface area (Å²) in [6.45, 7) is 0. The first kappa shape index (κ1) is 10.4. The van der Waals surface area contributed by atoms with Crippen LogP contribution in [0.25, 0.3) is 0 Å². The van der Waals surface area contributed by atoms with Gasteiger partial charge in [-0.2, -0.15) is 0 Å². The summed E-state index contributed by atoms with van der Waals surface area (Å²) in [6.07, 6.45) is 1.70. The molecule has 1 aromatic heterocycles. The van der Waals surface area contributed by atoms with Crippen LogP contribution in [0.1, 0.15) is 4.88 Å². The number of thiazole rings is 1. The van der Waals surface area contributed by atoms with Gasteiger partial charge < -0.3 is 0 Å². The van der Waals surface area contributed by atoms with Crippen LogP contribution in [0.15, 0.2) is 40.9 Å². The van der Waals surface area contributed by atoms with E-state index in [1.165, 1.54) is 23.5 Å². The minimum absolute atomic E-state index is 0.312. The molecule has 0 aliphatic carbocycles. The molecule has 0 spiro atoms. The summed E-state index contributed by atoms with van der Waals surface area (Å²) >= 11 is 1.47. The van der Waals surface area contributed by atoms with Gasteiger partial charge in [0.15, 0.2) is 0 Å². The van der Waals surface area contributed by atoms with E-state index in [-0.39, 0.29) is 5.82 Å². The van der Waals surface area contributed by atoms with Crippen molar-refractivity contribution in [3.8, 4) is 0 Å². The topological polar surface area (TPSA) is 30.0 Å². The van der Waals surface area contributed by atoms with Crippen molar-refractivity contribution in [1.82, 2.24) is 4.98 Å². The Morgan fingerprint density at radius 1 is 1.33 bits per heavy atom. The molecule has 2 rings (SSSR count). The van der Waals surface area contributed by atoms with Crippen molar-refractivity contribution in [3.05, 3.63) is 46.7 Å². The molecular weight excluding hydrogens is 233 g/mol. The number of rotatable bonds is 3. The summed E-state index contributed by atoms with van der Waals surface area (Å²) < 4.78 is 24.4. The van der Waals surface area contributed by atoms with E-state index in [9.17, 15) is 8.60 Å². The maximum atomic E-state index is 12.6. The highest BCUT2D eigenvalue weighted by Crippen LogP contribution is 2.15. The molecule has 1 aromatic carbocycles. The van der Waals surface area contributed by atoms with Gasteiger partial charge in [-0.1, -0.05) is 0 Å². The summed E-state index contributed by atoms with van der Waals surface area (Å²) in [5.41, 5.74) is 1.71. The summed E-state index contributed by atoms with van der Waals surface area (Å²) in [5.74, 6) is 0.129. The third-order valence-electron chi connectivity index (χ3n) is 1.83. The van der Waals surface area contributed by atoms with Crippen LogP contribution in [0.2, 0.25) is 0 Å². The Morgan fingerprint density at radius 3 is 2.67 bits per heavy atom. The van der Waals surface area contributed by atoms with Crippen LogP contribution in [0.5, 0.6) is 0 Å². The predicted octanol–water partition coefficient (Wildman–Crippen LogP) is 2.59. The number of hydrogen-bond acceptors (Lipinski definition) is 3. The number of benzene rings is 1. The fraction of sp³-hybridized carbons (Fsp3) is 0.100. The second kappa shape index (κ2) is 4.63. The highest BCUT2D eigenvalue weighted by molar-refractivity contribution is 7.84. The van der Waals surface area contributed by atoms with Crippen LogP contribution >= 0.6 is 11.3 Å². The first-order valence-electron chi connectivity index (χ1n) is 4.27. The molecule has 2 aromatic rings. The van der Waals surface area contributed by atoms with E-state index in [2.05, 4.69) is 4.98 Å². The standard InChI is InChI=1S/C10H8FNOS2/c11-8-1-3-10(4-2-8)15(13)6-9-5-12-7-14-9/h1-5,7H,6H2. The van der Waals surface area contributed by atoms with Crippen LogP contribution in [-0.4, -0.2) is 9.19 Å². The highest BCUT2D eigenvalue weighted by Gasteiger charge is 2.06. The van der Waals surface area contributed by atoms with E-state index in [4.69, 9.17) is 0 Å². The molecule has 0 aliphatic rings. The fourth-order valence-electron chi connectivity index (χ4n) is 1.11. The summed E-state index contributed by atoms with van der Waals surface area (Å²) in [7, 11) is -1.12. The Kier molecular flexibility index (Phi) is 3.23. The van der Waals surface area contributed by atoms with Gasteiger partial charge >= 0.3 is 0 Å². The normalized spacial score (nSPS) is 12.6. The number of nitrogens with zero attached hydrogens (tertiary/aromatic N) is 1. The molecule has 0 amide bonds. The molecule has 1 unspecified atom stereocenters. The molecule has 15 heavy (non-hydrogen) atoms. The second-order valence-electron chi connectivity index (χ2n) is 2.91. The first-order chi connectivity index (χ1) is 7.25. The molecule has 0 aliphatic heterocycles. The highest BCUT2D eigenvalue weighted by atomic mass is 32.2. The Hall–Kier alpha value is -1.07. The maximum Gasteiger partial charge on any atom is 0.123 e. The van der Waals surface area contributed by atoms with Crippen LogP contribution in [0, 0.1) is 5.82 Å². The third kappa shape index (κ3) is 2.70. The molecule has 1 heterocycles. The minimum Gasteiger partial charge on any atom is -0.254 e. The van der Waals surface area contributed by atoms with Crippen molar-refractivity contribution in [3.63, 3.8) is 0 Å². The van der Waals surface area contributed by atoms with Crippen molar-refractivity contribution in [2.75, 3.05) is 0 Å². The zero-order chi connectivity index (χ0) is 10.7. The maximum absolute atomic E-state index is 12.6. The number of hydrogen-bond donors (Lipinski definition) is 0. The predicted molar refractivity (Wildman–Crippen MR) is 58.6 cm³/mol. The number of halogens is 1. The molecular formula is C10H8FNOS2. The van der Waals surface area contributed by atoms with Gasteiger partial charge in [-0.15, -0.1) is 11.3 Å². The van der Waals surface area contributed by atoms with Crippen LogP contribution < -0.4 is 0 Å². The van der Waals surface area contributed by atoms with Crippen molar-refractivity contribution in [2.45, 2.75) is 10.6 Å². The lowest BCUT2D eigenvalue weighted by Gasteiger charge is -1.99. The molecule has 0 fully saturated rings. The average Bonchev–Trinajstić information content (AvgIpc) is 2.71. The van der Waals surface area contributed by atoms with E-state index in [1.807, 2.05) is 0 Å². The summed E-state index contributed by atoms with van der Waals surface area (Å²) in [6, 6.07) is 5.73. The molecule has 0 saturated carbocycles. The molecule has 0 N–H and O–H groups in total. The first-order valence-corrected chi connectivity index (χ1v) is 6.47. The molecule has 0 radical (unpaired) electrons. The lowest BCUT2D eigenvalue weighted by atomic mass is 10.4.